The summed E-state index contributed by atoms with van der Waals surface area (Å²) in [5.41, 5.74) is 8.54. The van der Waals surface area contributed by atoms with Gasteiger partial charge in [-0.25, -0.2) is 9.67 Å². The highest BCUT2D eigenvalue weighted by molar-refractivity contribution is 5.81. The predicted octanol–water partition coefficient (Wildman–Crippen LogP) is 2.31. The van der Waals surface area contributed by atoms with Gasteiger partial charge in [-0.1, -0.05) is 6.07 Å². The molecule has 0 amide bonds. The molecule has 4 nitrogen and oxygen atoms in total. The van der Waals surface area contributed by atoms with E-state index in [1.165, 1.54) is 0 Å². The fourth-order valence-electron chi connectivity index (χ4n) is 1.76. The fraction of sp³-hybridized carbons (Fsp3) is 0.0769. The summed E-state index contributed by atoms with van der Waals surface area (Å²) in [6.07, 6.45) is 3.76. The summed E-state index contributed by atoms with van der Waals surface area (Å²) >= 11 is 0. The lowest BCUT2D eigenvalue weighted by Crippen LogP contribution is -1.97. The summed E-state index contributed by atoms with van der Waals surface area (Å²) in [4.78, 5) is 4.34. The number of hydrogen-bond acceptors (Lipinski definition) is 3. The Kier molecular flexibility index (Phi) is 2.08. The molecule has 0 radical (unpaired) electrons. The third-order valence-corrected chi connectivity index (χ3v) is 2.66. The lowest BCUT2D eigenvalue weighted by atomic mass is 10.2. The first kappa shape index (κ1) is 9.84. The lowest BCUT2D eigenvalue weighted by molar-refractivity contribution is 0.858. The monoisotopic (exact) mass is 224 g/mol. The predicted molar refractivity (Wildman–Crippen MR) is 68.0 cm³/mol. The van der Waals surface area contributed by atoms with Gasteiger partial charge in [0.25, 0.3) is 0 Å². The summed E-state index contributed by atoms with van der Waals surface area (Å²) in [5.74, 6) is 0.811. The van der Waals surface area contributed by atoms with Crippen molar-refractivity contribution in [1.29, 1.82) is 0 Å². The van der Waals surface area contributed by atoms with E-state index >= 15 is 0 Å². The van der Waals surface area contributed by atoms with E-state index in [9.17, 15) is 0 Å². The van der Waals surface area contributed by atoms with Gasteiger partial charge in [0.05, 0.1) is 5.52 Å². The number of pyridine rings is 1. The number of benzene rings is 1. The third-order valence-electron chi connectivity index (χ3n) is 2.66. The van der Waals surface area contributed by atoms with E-state index in [0.29, 0.717) is 0 Å². The molecule has 3 aromatic rings. The van der Waals surface area contributed by atoms with E-state index in [4.69, 9.17) is 5.73 Å². The van der Waals surface area contributed by atoms with Crippen molar-refractivity contribution in [3.05, 3.63) is 48.3 Å². The van der Waals surface area contributed by atoms with Gasteiger partial charge in [0.2, 0.25) is 0 Å². The number of aromatic nitrogens is 3. The number of fused-ring (bicyclic) bond motifs is 1. The van der Waals surface area contributed by atoms with Gasteiger partial charge in [-0.05, 0) is 36.8 Å². The highest BCUT2D eigenvalue weighted by Gasteiger charge is 2.03. The lowest BCUT2D eigenvalue weighted by Gasteiger charge is -1.99. The molecular weight excluding hydrogens is 212 g/mol. The van der Waals surface area contributed by atoms with E-state index in [1.54, 1.807) is 4.68 Å². The molecule has 2 N–H and O–H groups in total. The third kappa shape index (κ3) is 1.73. The van der Waals surface area contributed by atoms with Crippen LogP contribution in [0.25, 0.3) is 16.7 Å². The second-order valence-electron chi connectivity index (χ2n) is 4.09. The van der Waals surface area contributed by atoms with E-state index in [-0.39, 0.29) is 0 Å². The van der Waals surface area contributed by atoms with Gasteiger partial charge in [0.15, 0.2) is 5.82 Å². The fourth-order valence-corrected chi connectivity index (χ4v) is 1.76. The van der Waals surface area contributed by atoms with Crippen LogP contribution in [0.4, 0.5) is 5.69 Å². The smallest absolute Gasteiger partial charge is 0.153 e. The van der Waals surface area contributed by atoms with Crippen molar-refractivity contribution < 1.29 is 0 Å². The molecule has 4 heteroatoms. The van der Waals surface area contributed by atoms with Gasteiger partial charge in [0, 0.05) is 23.5 Å². The van der Waals surface area contributed by atoms with Crippen molar-refractivity contribution in [2.45, 2.75) is 6.92 Å². The minimum Gasteiger partial charge on any atom is -0.399 e. The minimum atomic E-state index is 0.744. The average Bonchev–Trinajstić information content (AvgIpc) is 2.72. The van der Waals surface area contributed by atoms with Crippen LogP contribution in [-0.4, -0.2) is 14.8 Å². The Balaban J connectivity index is 2.14. The van der Waals surface area contributed by atoms with Crippen LogP contribution in [0.15, 0.2) is 42.7 Å². The normalized spacial score (nSPS) is 10.9. The Bertz CT molecular complexity index is 667. The Morgan fingerprint density at radius 2 is 2.06 bits per heavy atom. The summed E-state index contributed by atoms with van der Waals surface area (Å²) < 4.78 is 1.77. The number of nitrogen functional groups attached to an aromatic ring is 1. The van der Waals surface area contributed by atoms with Crippen molar-refractivity contribution in [3.63, 3.8) is 0 Å². The largest absolute Gasteiger partial charge is 0.399 e. The first-order valence-corrected chi connectivity index (χ1v) is 5.40. The zero-order chi connectivity index (χ0) is 11.8. The van der Waals surface area contributed by atoms with Crippen LogP contribution >= 0.6 is 0 Å². The van der Waals surface area contributed by atoms with Crippen LogP contribution in [0, 0.1) is 6.92 Å². The molecule has 0 saturated carbocycles. The maximum absolute atomic E-state index is 5.74. The van der Waals surface area contributed by atoms with E-state index in [0.717, 1.165) is 28.0 Å². The summed E-state index contributed by atoms with van der Waals surface area (Å²) in [6, 6.07) is 9.64. The molecule has 0 spiro atoms. The Morgan fingerprint density at radius 1 is 1.18 bits per heavy atom. The summed E-state index contributed by atoms with van der Waals surface area (Å²) in [7, 11) is 0. The number of nitrogens with zero attached hydrogens (tertiary/aromatic N) is 3. The number of anilines is 1. The average molecular weight is 224 g/mol. The number of nitrogens with two attached hydrogens (primary N) is 1. The molecule has 1 aromatic carbocycles. The van der Waals surface area contributed by atoms with Crippen molar-refractivity contribution in [2.24, 2.45) is 0 Å². The number of aryl methyl sites for hydroxylation is 1. The van der Waals surface area contributed by atoms with Gasteiger partial charge < -0.3 is 5.73 Å². The van der Waals surface area contributed by atoms with E-state index in [2.05, 4.69) is 10.1 Å². The van der Waals surface area contributed by atoms with Crippen LogP contribution in [-0.2, 0) is 0 Å². The molecule has 0 atom stereocenters. The molecule has 0 fully saturated rings. The Hall–Kier alpha value is -2.36. The van der Waals surface area contributed by atoms with E-state index in [1.807, 2.05) is 49.6 Å². The number of hydrogen-bond donors (Lipinski definition) is 1. The topological polar surface area (TPSA) is 56.7 Å². The molecule has 0 saturated heterocycles. The highest BCUT2D eigenvalue weighted by atomic mass is 15.3. The van der Waals surface area contributed by atoms with Gasteiger partial charge in [-0.3, -0.25) is 0 Å². The van der Waals surface area contributed by atoms with Gasteiger partial charge in [-0.2, -0.15) is 5.10 Å². The SMILES string of the molecule is Cc1ccc(-n2cc3cc(N)ccc3n2)nc1. The molecule has 3 rings (SSSR count). The standard InChI is InChI=1S/C13H12N4/c1-9-2-5-13(15-7-9)17-8-10-6-11(14)3-4-12(10)16-17/h2-8H,14H2,1H3. The molecule has 17 heavy (non-hydrogen) atoms. The molecule has 2 aromatic heterocycles. The quantitative estimate of drug-likeness (QED) is 0.645. The number of rotatable bonds is 1. The molecular formula is C13H12N4. The zero-order valence-electron chi connectivity index (χ0n) is 9.46. The van der Waals surface area contributed by atoms with Gasteiger partial charge in [-0.15, -0.1) is 0 Å². The van der Waals surface area contributed by atoms with Crippen LogP contribution in [0.2, 0.25) is 0 Å². The van der Waals surface area contributed by atoms with Crippen LogP contribution < -0.4 is 5.73 Å². The van der Waals surface area contributed by atoms with Crippen molar-refractivity contribution in [3.8, 4) is 5.82 Å². The Morgan fingerprint density at radius 3 is 2.82 bits per heavy atom. The van der Waals surface area contributed by atoms with Crippen LogP contribution in [0.1, 0.15) is 5.56 Å². The second-order valence-corrected chi connectivity index (χ2v) is 4.09. The Labute approximate surface area is 98.7 Å². The molecule has 0 aliphatic carbocycles. The molecule has 0 bridgehead atoms. The van der Waals surface area contributed by atoms with Crippen molar-refractivity contribution in [2.75, 3.05) is 5.73 Å². The first-order valence-electron chi connectivity index (χ1n) is 5.40. The van der Waals surface area contributed by atoms with Gasteiger partial charge in [0.1, 0.15) is 0 Å². The van der Waals surface area contributed by atoms with E-state index < -0.39 is 0 Å². The molecule has 0 unspecified atom stereocenters. The van der Waals surface area contributed by atoms with Crippen molar-refractivity contribution >= 4 is 16.6 Å². The second kappa shape index (κ2) is 3.59. The summed E-state index contributed by atoms with van der Waals surface area (Å²) in [6.45, 7) is 2.01. The van der Waals surface area contributed by atoms with Gasteiger partial charge >= 0.3 is 0 Å². The zero-order valence-corrected chi connectivity index (χ0v) is 9.46. The molecule has 0 aliphatic heterocycles. The summed E-state index contributed by atoms with van der Waals surface area (Å²) in [5, 5.41) is 5.47. The molecule has 84 valence electrons. The minimum absolute atomic E-state index is 0.744. The molecule has 2 heterocycles. The molecule has 0 aliphatic rings. The first-order chi connectivity index (χ1) is 8.22. The maximum atomic E-state index is 5.74. The van der Waals surface area contributed by atoms with Crippen LogP contribution in [0.5, 0.6) is 0 Å². The van der Waals surface area contributed by atoms with Crippen LogP contribution in [0.3, 0.4) is 0 Å². The maximum Gasteiger partial charge on any atom is 0.153 e. The van der Waals surface area contributed by atoms with Crippen molar-refractivity contribution in [1.82, 2.24) is 14.8 Å². The highest BCUT2D eigenvalue weighted by Crippen LogP contribution is 2.17.